The summed E-state index contributed by atoms with van der Waals surface area (Å²) >= 11 is 0. The van der Waals surface area contributed by atoms with Gasteiger partial charge in [-0.3, -0.25) is 9.88 Å². The number of furan rings is 1. The van der Waals surface area contributed by atoms with Crippen LogP contribution in [0.2, 0.25) is 0 Å². The normalized spacial score (nSPS) is 16.0. The molecule has 0 radical (unpaired) electrons. The second-order valence-corrected chi connectivity index (χ2v) is 6.28. The first-order valence-corrected chi connectivity index (χ1v) is 9.17. The van der Waals surface area contributed by atoms with Crippen LogP contribution in [-0.2, 0) is 6.54 Å². The van der Waals surface area contributed by atoms with E-state index in [1.165, 1.54) is 18.9 Å². The largest absolute Gasteiger partial charge is 0.468 e. The Morgan fingerprint density at radius 2 is 2.11 bits per heavy atom. The Kier molecular flexibility index (Phi) is 8.99. The minimum atomic E-state index is -0.336. The second kappa shape index (κ2) is 11.2. The van der Waals surface area contributed by atoms with E-state index in [0.29, 0.717) is 18.2 Å². The minimum Gasteiger partial charge on any atom is -0.468 e. The topological polar surface area (TPSA) is 65.7 Å². The summed E-state index contributed by atoms with van der Waals surface area (Å²) in [4.78, 5) is 10.9. The van der Waals surface area contributed by atoms with Crippen molar-refractivity contribution in [1.82, 2.24) is 20.5 Å². The zero-order chi connectivity index (χ0) is 18.2. The molecule has 1 aliphatic rings. The van der Waals surface area contributed by atoms with Crippen LogP contribution in [0.1, 0.15) is 37.3 Å². The molecule has 27 heavy (non-hydrogen) atoms. The van der Waals surface area contributed by atoms with Gasteiger partial charge in [0.15, 0.2) is 5.96 Å². The van der Waals surface area contributed by atoms with E-state index in [-0.39, 0.29) is 42.4 Å². The number of likely N-dealkylation sites (tertiary alicyclic amines) is 1. The van der Waals surface area contributed by atoms with Crippen molar-refractivity contribution in [1.29, 1.82) is 0 Å². The monoisotopic (exact) mass is 487 g/mol. The van der Waals surface area contributed by atoms with E-state index < -0.39 is 0 Å². The lowest BCUT2D eigenvalue weighted by Crippen LogP contribution is -2.42. The van der Waals surface area contributed by atoms with Gasteiger partial charge in [0.25, 0.3) is 0 Å². The Bertz CT molecular complexity index is 704. The van der Waals surface area contributed by atoms with Gasteiger partial charge in [-0.1, -0.05) is 0 Å². The van der Waals surface area contributed by atoms with Gasteiger partial charge in [-0.05, 0) is 57.1 Å². The molecule has 0 spiro atoms. The number of aliphatic imine (C=N–C) groups is 1. The van der Waals surface area contributed by atoms with Gasteiger partial charge in [-0.15, -0.1) is 24.0 Å². The van der Waals surface area contributed by atoms with E-state index in [9.17, 15) is 4.39 Å². The first-order chi connectivity index (χ1) is 12.8. The van der Waals surface area contributed by atoms with Crippen LogP contribution in [0, 0.1) is 5.82 Å². The number of rotatable bonds is 7. The number of nitrogens with one attached hydrogen (secondary N) is 2. The van der Waals surface area contributed by atoms with E-state index in [2.05, 4.69) is 25.5 Å². The summed E-state index contributed by atoms with van der Waals surface area (Å²) in [7, 11) is 0. The summed E-state index contributed by atoms with van der Waals surface area (Å²) in [6.07, 6.45) is 5.71. The maximum absolute atomic E-state index is 13.7. The first-order valence-electron chi connectivity index (χ1n) is 9.17. The molecule has 2 aromatic heterocycles. The maximum atomic E-state index is 13.7. The molecule has 1 fully saturated rings. The molecule has 0 aliphatic carbocycles. The molecule has 1 saturated heterocycles. The summed E-state index contributed by atoms with van der Waals surface area (Å²) < 4.78 is 19.4. The van der Waals surface area contributed by atoms with Crippen LogP contribution in [0.5, 0.6) is 0 Å². The molecule has 8 heteroatoms. The molecule has 0 bridgehead atoms. The Labute approximate surface area is 176 Å². The number of hydrogen-bond acceptors (Lipinski definition) is 4. The van der Waals surface area contributed by atoms with Crippen LogP contribution in [0.15, 0.2) is 46.1 Å². The number of nitrogens with zero attached hydrogens (tertiary/aromatic N) is 3. The van der Waals surface area contributed by atoms with E-state index in [4.69, 9.17) is 4.42 Å². The Morgan fingerprint density at radius 1 is 1.30 bits per heavy atom. The molecule has 2 aromatic rings. The smallest absolute Gasteiger partial charge is 0.191 e. The number of halogens is 2. The SMILES string of the molecule is CCNC(=NCc1ncccc1F)NCC(c1ccco1)N1CCCC1.I. The van der Waals surface area contributed by atoms with Crippen molar-refractivity contribution in [2.75, 3.05) is 26.2 Å². The van der Waals surface area contributed by atoms with Crippen LogP contribution in [0.3, 0.4) is 0 Å². The fourth-order valence-corrected chi connectivity index (χ4v) is 3.17. The van der Waals surface area contributed by atoms with Crippen molar-refractivity contribution in [2.45, 2.75) is 32.4 Å². The zero-order valence-electron chi connectivity index (χ0n) is 15.5. The van der Waals surface area contributed by atoms with Crippen molar-refractivity contribution >= 4 is 29.9 Å². The van der Waals surface area contributed by atoms with E-state index in [1.54, 1.807) is 18.5 Å². The third-order valence-electron chi connectivity index (χ3n) is 4.48. The van der Waals surface area contributed by atoms with Crippen molar-refractivity contribution < 1.29 is 8.81 Å². The molecule has 148 valence electrons. The van der Waals surface area contributed by atoms with Gasteiger partial charge < -0.3 is 15.1 Å². The lowest BCUT2D eigenvalue weighted by atomic mass is 10.2. The maximum Gasteiger partial charge on any atom is 0.191 e. The average Bonchev–Trinajstić information content (AvgIpc) is 3.35. The average molecular weight is 487 g/mol. The number of pyridine rings is 1. The molecule has 2 N–H and O–H groups in total. The quantitative estimate of drug-likeness (QED) is 0.357. The third kappa shape index (κ3) is 6.17. The lowest BCUT2D eigenvalue weighted by Gasteiger charge is -2.26. The van der Waals surface area contributed by atoms with Gasteiger partial charge in [-0.2, -0.15) is 0 Å². The van der Waals surface area contributed by atoms with Gasteiger partial charge >= 0.3 is 0 Å². The molecule has 1 aliphatic heterocycles. The van der Waals surface area contributed by atoms with E-state index in [1.807, 2.05) is 19.1 Å². The van der Waals surface area contributed by atoms with Gasteiger partial charge in [0.05, 0.1) is 24.5 Å². The van der Waals surface area contributed by atoms with Crippen LogP contribution in [0.4, 0.5) is 4.39 Å². The van der Waals surface area contributed by atoms with E-state index >= 15 is 0 Å². The third-order valence-corrected chi connectivity index (χ3v) is 4.48. The molecule has 3 rings (SSSR count). The molecule has 3 heterocycles. The van der Waals surface area contributed by atoms with Crippen LogP contribution in [-0.4, -0.2) is 42.0 Å². The van der Waals surface area contributed by atoms with Gasteiger partial charge in [-0.25, -0.2) is 9.38 Å². The Balaban J connectivity index is 0.00000261. The Hall–Kier alpha value is -1.68. The number of guanidine groups is 1. The minimum absolute atomic E-state index is 0. The van der Waals surface area contributed by atoms with Crippen molar-refractivity contribution in [2.24, 2.45) is 4.99 Å². The highest BCUT2D eigenvalue weighted by Crippen LogP contribution is 2.24. The lowest BCUT2D eigenvalue weighted by molar-refractivity contribution is 0.215. The molecule has 0 saturated carbocycles. The summed E-state index contributed by atoms with van der Waals surface area (Å²) in [6.45, 7) is 5.73. The Morgan fingerprint density at radius 3 is 2.78 bits per heavy atom. The van der Waals surface area contributed by atoms with E-state index in [0.717, 1.165) is 25.4 Å². The van der Waals surface area contributed by atoms with Crippen LogP contribution < -0.4 is 10.6 Å². The van der Waals surface area contributed by atoms with Crippen LogP contribution >= 0.6 is 24.0 Å². The molecular formula is C19H27FIN5O. The fraction of sp³-hybridized carbons (Fsp3) is 0.474. The standard InChI is InChI=1S/C19H26FN5O.HI/c1-2-21-19(23-13-16-15(20)7-5-9-22-16)24-14-17(18-8-6-12-26-18)25-10-3-4-11-25;/h5-9,12,17H,2-4,10-11,13-14H2,1H3,(H2,21,23,24);1H. The van der Waals surface area contributed by atoms with Crippen molar-refractivity contribution in [3.63, 3.8) is 0 Å². The molecule has 1 unspecified atom stereocenters. The van der Waals surface area contributed by atoms with Gasteiger partial charge in [0.1, 0.15) is 11.6 Å². The van der Waals surface area contributed by atoms with Gasteiger partial charge in [0, 0.05) is 19.3 Å². The first kappa shape index (κ1) is 21.6. The predicted octanol–water partition coefficient (Wildman–Crippen LogP) is 3.32. The van der Waals surface area contributed by atoms with Crippen LogP contribution in [0.25, 0.3) is 0 Å². The number of hydrogen-bond donors (Lipinski definition) is 2. The molecule has 1 atom stereocenters. The number of aromatic nitrogens is 1. The molecule has 0 aromatic carbocycles. The summed E-state index contributed by atoms with van der Waals surface area (Å²) in [5, 5.41) is 6.57. The zero-order valence-corrected chi connectivity index (χ0v) is 17.9. The summed E-state index contributed by atoms with van der Waals surface area (Å²) in [5.41, 5.74) is 0.340. The van der Waals surface area contributed by atoms with Crippen molar-refractivity contribution in [3.8, 4) is 0 Å². The highest BCUT2D eigenvalue weighted by molar-refractivity contribution is 14.0. The van der Waals surface area contributed by atoms with Crippen molar-refractivity contribution in [3.05, 3.63) is 54.0 Å². The summed E-state index contributed by atoms with van der Waals surface area (Å²) in [6, 6.07) is 7.07. The molecule has 6 nitrogen and oxygen atoms in total. The van der Waals surface area contributed by atoms with Gasteiger partial charge in [0.2, 0.25) is 0 Å². The second-order valence-electron chi connectivity index (χ2n) is 6.28. The fourth-order valence-electron chi connectivity index (χ4n) is 3.17. The highest BCUT2D eigenvalue weighted by Gasteiger charge is 2.25. The summed E-state index contributed by atoms with van der Waals surface area (Å²) in [5.74, 6) is 1.26. The predicted molar refractivity (Wildman–Crippen MR) is 115 cm³/mol. The highest BCUT2D eigenvalue weighted by atomic mass is 127. The molecule has 0 amide bonds. The molecular weight excluding hydrogens is 460 g/mol.